The number of hydrogen-bond acceptors (Lipinski definition) is 4. The highest BCUT2D eigenvalue weighted by Gasteiger charge is 2.06. The fourth-order valence-electron chi connectivity index (χ4n) is 2.46. The summed E-state index contributed by atoms with van der Waals surface area (Å²) in [7, 11) is 1.57. The number of methoxy groups -OCH3 is 1. The molecule has 148 valence electrons. The number of hydrogen-bond donors (Lipinski definition) is 1. The summed E-state index contributed by atoms with van der Waals surface area (Å²) in [6.07, 6.45) is 1.55. The predicted molar refractivity (Wildman–Crippen MR) is 118 cm³/mol. The molecule has 0 bridgehead atoms. The minimum absolute atomic E-state index is 0.317. The van der Waals surface area contributed by atoms with Gasteiger partial charge in [-0.15, -0.1) is 0 Å². The molecule has 0 radical (unpaired) electrons. The molecule has 0 aliphatic carbocycles. The number of benzene rings is 3. The average molecular weight is 474 g/mol. The van der Waals surface area contributed by atoms with Gasteiger partial charge in [0.2, 0.25) is 0 Å². The van der Waals surface area contributed by atoms with Gasteiger partial charge in [0.15, 0.2) is 0 Å². The Hall–Kier alpha value is -2.83. The first-order valence-corrected chi connectivity index (χ1v) is 9.86. The van der Waals surface area contributed by atoms with E-state index >= 15 is 0 Å². The first kappa shape index (κ1) is 20.9. The quantitative estimate of drug-likeness (QED) is 0.366. The predicted octanol–water partition coefficient (Wildman–Crippen LogP) is 5.45. The van der Waals surface area contributed by atoms with Crippen molar-refractivity contribution in [3.63, 3.8) is 0 Å². The summed E-state index contributed by atoms with van der Waals surface area (Å²) in [6.45, 7) is 0.387. The van der Waals surface area contributed by atoms with Crippen LogP contribution in [-0.2, 0) is 6.61 Å². The average Bonchev–Trinajstić information content (AvgIpc) is 2.74. The molecular formula is C22H18BrClN2O3. The second-order valence-corrected chi connectivity index (χ2v) is 7.38. The molecule has 3 rings (SSSR count). The van der Waals surface area contributed by atoms with Crippen LogP contribution in [0.1, 0.15) is 21.5 Å². The summed E-state index contributed by atoms with van der Waals surface area (Å²) in [5.74, 6) is 1.01. The number of amides is 1. The third-order valence-electron chi connectivity index (χ3n) is 4.00. The van der Waals surface area contributed by atoms with E-state index < -0.39 is 0 Å². The van der Waals surface area contributed by atoms with E-state index in [9.17, 15) is 4.79 Å². The highest BCUT2D eigenvalue weighted by atomic mass is 79.9. The van der Waals surface area contributed by atoms with Crippen LogP contribution in [0.4, 0.5) is 0 Å². The van der Waals surface area contributed by atoms with Crippen LogP contribution in [0.3, 0.4) is 0 Å². The first-order chi connectivity index (χ1) is 14.0. The minimum atomic E-state index is -0.317. The van der Waals surface area contributed by atoms with Gasteiger partial charge in [-0.25, -0.2) is 5.43 Å². The zero-order chi connectivity index (χ0) is 20.6. The van der Waals surface area contributed by atoms with Gasteiger partial charge in [-0.1, -0.05) is 39.7 Å². The third-order valence-corrected chi connectivity index (χ3v) is 4.75. The van der Waals surface area contributed by atoms with Gasteiger partial charge < -0.3 is 9.47 Å². The largest absolute Gasteiger partial charge is 0.497 e. The third kappa shape index (κ3) is 6.07. The van der Waals surface area contributed by atoms with Crippen molar-refractivity contribution in [3.05, 3.63) is 92.9 Å². The first-order valence-electron chi connectivity index (χ1n) is 8.69. The van der Waals surface area contributed by atoms with E-state index in [1.807, 2.05) is 42.5 Å². The van der Waals surface area contributed by atoms with Crippen molar-refractivity contribution in [2.24, 2.45) is 5.10 Å². The number of ether oxygens (including phenoxy) is 2. The van der Waals surface area contributed by atoms with Crippen LogP contribution < -0.4 is 14.9 Å². The molecule has 1 amide bonds. The minimum Gasteiger partial charge on any atom is -0.497 e. The molecule has 0 aliphatic rings. The van der Waals surface area contributed by atoms with Gasteiger partial charge in [0, 0.05) is 20.6 Å². The molecule has 7 heteroatoms. The molecule has 5 nitrogen and oxygen atoms in total. The van der Waals surface area contributed by atoms with Crippen LogP contribution in [0.15, 0.2) is 76.3 Å². The Morgan fingerprint density at radius 1 is 1.10 bits per heavy atom. The van der Waals surface area contributed by atoms with Gasteiger partial charge in [-0.3, -0.25) is 4.79 Å². The molecular weight excluding hydrogens is 456 g/mol. The molecule has 29 heavy (non-hydrogen) atoms. The van der Waals surface area contributed by atoms with Crippen molar-refractivity contribution in [1.29, 1.82) is 0 Å². The Morgan fingerprint density at radius 3 is 2.52 bits per heavy atom. The molecule has 0 aliphatic heterocycles. The van der Waals surface area contributed by atoms with Crippen molar-refractivity contribution in [3.8, 4) is 11.5 Å². The summed E-state index contributed by atoms with van der Waals surface area (Å²) in [5, 5.41) is 4.73. The van der Waals surface area contributed by atoms with Crippen LogP contribution >= 0.6 is 27.5 Å². The Morgan fingerprint density at radius 2 is 1.83 bits per heavy atom. The van der Waals surface area contributed by atoms with Crippen molar-refractivity contribution >= 4 is 39.7 Å². The van der Waals surface area contributed by atoms with Crippen LogP contribution in [0, 0.1) is 0 Å². The SMILES string of the molecule is COc1ccc(C(=O)N/N=C\c2cc(Br)ccc2OCc2ccc(Cl)cc2)cc1. The van der Waals surface area contributed by atoms with E-state index in [-0.39, 0.29) is 5.91 Å². The van der Waals surface area contributed by atoms with Crippen molar-refractivity contribution < 1.29 is 14.3 Å². The maximum absolute atomic E-state index is 12.2. The summed E-state index contributed by atoms with van der Waals surface area (Å²) in [4.78, 5) is 12.2. The number of rotatable bonds is 7. The normalized spacial score (nSPS) is 10.7. The molecule has 3 aromatic rings. The Balaban J connectivity index is 1.66. The molecule has 0 heterocycles. The molecule has 0 saturated carbocycles. The fraction of sp³-hybridized carbons (Fsp3) is 0.0909. The number of nitrogens with zero attached hydrogens (tertiary/aromatic N) is 1. The van der Waals surface area contributed by atoms with E-state index in [1.54, 1.807) is 37.6 Å². The number of carbonyl (C=O) groups is 1. The summed E-state index contributed by atoms with van der Waals surface area (Å²) in [6, 6.07) is 19.8. The maximum Gasteiger partial charge on any atom is 0.271 e. The van der Waals surface area contributed by atoms with Gasteiger partial charge in [-0.05, 0) is 60.2 Å². The molecule has 0 unspecified atom stereocenters. The molecule has 1 N–H and O–H groups in total. The number of hydrazone groups is 1. The van der Waals surface area contributed by atoms with Gasteiger partial charge in [0.05, 0.1) is 13.3 Å². The summed E-state index contributed by atoms with van der Waals surface area (Å²) in [5.41, 5.74) is 4.72. The topological polar surface area (TPSA) is 59.9 Å². The zero-order valence-corrected chi connectivity index (χ0v) is 17.9. The Bertz CT molecular complexity index is 1010. The molecule has 0 saturated heterocycles. The molecule has 0 fully saturated rings. The molecule has 0 aromatic heterocycles. The second kappa shape index (κ2) is 10.1. The standard InChI is InChI=1S/C22H18BrClN2O3/c1-28-20-9-4-16(5-10-20)22(27)26-25-13-17-12-18(23)6-11-21(17)29-14-15-2-7-19(24)8-3-15/h2-13H,14H2,1H3,(H,26,27)/b25-13-. The van der Waals surface area contributed by atoms with Crippen molar-refractivity contribution in [1.82, 2.24) is 5.43 Å². The zero-order valence-electron chi connectivity index (χ0n) is 15.6. The van der Waals surface area contributed by atoms with E-state index in [4.69, 9.17) is 21.1 Å². The Labute approximate surface area is 182 Å². The lowest BCUT2D eigenvalue weighted by Crippen LogP contribution is -2.17. The molecule has 3 aromatic carbocycles. The highest BCUT2D eigenvalue weighted by molar-refractivity contribution is 9.10. The van der Waals surface area contributed by atoms with Gasteiger partial charge in [0.1, 0.15) is 18.1 Å². The smallest absolute Gasteiger partial charge is 0.271 e. The summed E-state index contributed by atoms with van der Waals surface area (Å²) < 4.78 is 11.9. The van der Waals surface area contributed by atoms with Gasteiger partial charge in [0.25, 0.3) is 5.91 Å². The van der Waals surface area contributed by atoms with E-state index in [0.717, 1.165) is 15.6 Å². The van der Waals surface area contributed by atoms with E-state index in [1.165, 1.54) is 0 Å². The monoisotopic (exact) mass is 472 g/mol. The van der Waals surface area contributed by atoms with Crippen molar-refractivity contribution in [2.75, 3.05) is 7.11 Å². The number of nitrogens with one attached hydrogen (secondary N) is 1. The number of halogens is 2. The highest BCUT2D eigenvalue weighted by Crippen LogP contribution is 2.23. The van der Waals surface area contributed by atoms with Crippen LogP contribution in [0.25, 0.3) is 0 Å². The maximum atomic E-state index is 12.2. The van der Waals surface area contributed by atoms with Crippen LogP contribution in [0.2, 0.25) is 5.02 Å². The fourth-order valence-corrected chi connectivity index (χ4v) is 2.97. The lowest BCUT2D eigenvalue weighted by molar-refractivity contribution is 0.0955. The molecule has 0 atom stereocenters. The van der Waals surface area contributed by atoms with Gasteiger partial charge >= 0.3 is 0 Å². The van der Waals surface area contributed by atoms with E-state index in [0.29, 0.717) is 28.7 Å². The lowest BCUT2D eigenvalue weighted by Gasteiger charge is -2.10. The van der Waals surface area contributed by atoms with Crippen LogP contribution in [-0.4, -0.2) is 19.2 Å². The second-order valence-electron chi connectivity index (χ2n) is 6.02. The molecule has 0 spiro atoms. The summed E-state index contributed by atoms with van der Waals surface area (Å²) >= 11 is 9.35. The Kier molecular flexibility index (Phi) is 7.27. The lowest BCUT2D eigenvalue weighted by atomic mass is 10.2. The van der Waals surface area contributed by atoms with Crippen LogP contribution in [0.5, 0.6) is 11.5 Å². The van der Waals surface area contributed by atoms with Gasteiger partial charge in [-0.2, -0.15) is 5.10 Å². The van der Waals surface area contributed by atoms with E-state index in [2.05, 4.69) is 26.5 Å². The van der Waals surface area contributed by atoms with Crippen molar-refractivity contribution in [2.45, 2.75) is 6.61 Å². The number of carbonyl (C=O) groups excluding carboxylic acids is 1.